The summed E-state index contributed by atoms with van der Waals surface area (Å²) in [5.41, 5.74) is 0. The highest BCUT2D eigenvalue weighted by Crippen LogP contribution is 2.02. The number of rotatable bonds is 5. The van der Waals surface area contributed by atoms with Gasteiger partial charge in [0.1, 0.15) is 0 Å². The van der Waals surface area contributed by atoms with Crippen LogP contribution in [0, 0.1) is 0 Å². The van der Waals surface area contributed by atoms with Gasteiger partial charge in [-0.05, 0) is 32.9 Å². The number of hydrogen-bond donors (Lipinski definition) is 1. The maximum Gasteiger partial charge on any atom is 0.151 e. The predicted octanol–water partition coefficient (Wildman–Crippen LogP) is 0.495. The van der Waals surface area contributed by atoms with Crippen LogP contribution >= 0.6 is 0 Å². The summed E-state index contributed by atoms with van der Waals surface area (Å²) < 4.78 is 23.2. The molecular formula is C11H24N2O2S. The van der Waals surface area contributed by atoms with Crippen molar-refractivity contribution in [3.05, 3.63) is 0 Å². The van der Waals surface area contributed by atoms with Gasteiger partial charge in [-0.3, -0.25) is 0 Å². The molecule has 1 aliphatic rings. The van der Waals surface area contributed by atoms with Crippen LogP contribution in [-0.2, 0) is 9.84 Å². The van der Waals surface area contributed by atoms with Crippen LogP contribution in [-0.4, -0.2) is 57.0 Å². The van der Waals surface area contributed by atoms with Gasteiger partial charge in [0.2, 0.25) is 0 Å². The van der Waals surface area contributed by atoms with Crippen molar-refractivity contribution in [2.45, 2.75) is 32.7 Å². The largest absolute Gasteiger partial charge is 0.313 e. The zero-order valence-electron chi connectivity index (χ0n) is 10.4. The minimum absolute atomic E-state index is 0.313. The van der Waals surface area contributed by atoms with Crippen LogP contribution in [0.1, 0.15) is 26.7 Å². The Bertz CT molecular complexity index is 290. The number of hydrogen-bond acceptors (Lipinski definition) is 4. The Hall–Kier alpha value is -0.130. The molecule has 0 amide bonds. The highest BCUT2D eigenvalue weighted by molar-refractivity contribution is 7.91. The van der Waals surface area contributed by atoms with Crippen molar-refractivity contribution in [1.29, 1.82) is 0 Å². The van der Waals surface area contributed by atoms with E-state index in [0.717, 1.165) is 32.5 Å². The maximum atomic E-state index is 11.6. The van der Waals surface area contributed by atoms with Crippen LogP contribution < -0.4 is 5.32 Å². The average Bonchev–Trinajstić information content (AvgIpc) is 2.40. The molecule has 0 bridgehead atoms. The van der Waals surface area contributed by atoms with Crippen LogP contribution in [0.2, 0.25) is 0 Å². The molecule has 1 aliphatic heterocycles. The van der Waals surface area contributed by atoms with Crippen molar-refractivity contribution in [3.8, 4) is 0 Å². The van der Waals surface area contributed by atoms with Crippen molar-refractivity contribution in [3.63, 3.8) is 0 Å². The smallest absolute Gasteiger partial charge is 0.151 e. The Morgan fingerprint density at radius 1 is 1.38 bits per heavy atom. The molecule has 16 heavy (non-hydrogen) atoms. The van der Waals surface area contributed by atoms with Gasteiger partial charge < -0.3 is 10.2 Å². The van der Waals surface area contributed by atoms with Crippen LogP contribution in [0.25, 0.3) is 0 Å². The standard InChI is InChI=1S/C11H24N2O2S/c1-3-8-16(14,15)9-7-13-6-4-5-12-11(2)10-13/h11-12H,3-10H2,1-2H3. The van der Waals surface area contributed by atoms with E-state index in [1.54, 1.807) is 0 Å². The van der Waals surface area contributed by atoms with Crippen molar-refractivity contribution in [2.75, 3.05) is 37.7 Å². The molecule has 0 aliphatic carbocycles. The lowest BCUT2D eigenvalue weighted by molar-refractivity contribution is 0.288. The third-order valence-corrected chi connectivity index (χ3v) is 4.74. The molecule has 96 valence electrons. The molecule has 1 rings (SSSR count). The van der Waals surface area contributed by atoms with Crippen molar-refractivity contribution >= 4 is 9.84 Å². The number of nitrogens with one attached hydrogen (secondary N) is 1. The predicted molar refractivity (Wildman–Crippen MR) is 67.5 cm³/mol. The molecule has 0 aromatic carbocycles. The normalized spacial score (nSPS) is 24.2. The molecule has 1 atom stereocenters. The van der Waals surface area contributed by atoms with Crippen molar-refractivity contribution < 1.29 is 8.42 Å². The average molecular weight is 248 g/mol. The fourth-order valence-electron chi connectivity index (χ4n) is 2.08. The van der Waals surface area contributed by atoms with Gasteiger partial charge in [0.15, 0.2) is 9.84 Å². The maximum absolute atomic E-state index is 11.6. The van der Waals surface area contributed by atoms with Gasteiger partial charge >= 0.3 is 0 Å². The van der Waals surface area contributed by atoms with E-state index in [0.29, 0.717) is 24.1 Å². The Balaban J connectivity index is 2.36. The van der Waals surface area contributed by atoms with Crippen LogP contribution in [0.15, 0.2) is 0 Å². The molecule has 0 radical (unpaired) electrons. The highest BCUT2D eigenvalue weighted by atomic mass is 32.2. The molecule has 1 heterocycles. The first-order chi connectivity index (χ1) is 7.53. The summed E-state index contributed by atoms with van der Waals surface area (Å²) in [5, 5.41) is 3.41. The monoisotopic (exact) mass is 248 g/mol. The summed E-state index contributed by atoms with van der Waals surface area (Å²) in [6, 6.07) is 0.469. The summed E-state index contributed by atoms with van der Waals surface area (Å²) in [4.78, 5) is 2.26. The van der Waals surface area contributed by atoms with E-state index in [4.69, 9.17) is 0 Å². The summed E-state index contributed by atoms with van der Waals surface area (Å²) >= 11 is 0. The molecule has 1 saturated heterocycles. The Morgan fingerprint density at radius 2 is 2.12 bits per heavy atom. The lowest BCUT2D eigenvalue weighted by Crippen LogP contribution is -2.37. The molecule has 0 aromatic heterocycles. The second-order valence-electron chi connectivity index (χ2n) is 4.66. The lowest BCUT2D eigenvalue weighted by Gasteiger charge is -2.21. The minimum atomic E-state index is -2.82. The third kappa shape index (κ3) is 5.27. The highest BCUT2D eigenvalue weighted by Gasteiger charge is 2.16. The first-order valence-corrected chi connectivity index (χ1v) is 8.02. The van der Waals surface area contributed by atoms with Gasteiger partial charge in [0, 0.05) is 24.9 Å². The second kappa shape index (κ2) is 6.57. The first-order valence-electron chi connectivity index (χ1n) is 6.19. The Morgan fingerprint density at radius 3 is 2.81 bits per heavy atom. The van der Waals surface area contributed by atoms with Gasteiger partial charge in [-0.15, -0.1) is 0 Å². The van der Waals surface area contributed by atoms with E-state index in [-0.39, 0.29) is 0 Å². The minimum Gasteiger partial charge on any atom is -0.313 e. The fraction of sp³-hybridized carbons (Fsp3) is 1.00. The molecule has 5 heteroatoms. The summed E-state index contributed by atoms with van der Waals surface area (Å²) in [5.74, 6) is 0.641. The van der Waals surface area contributed by atoms with Crippen molar-refractivity contribution in [2.24, 2.45) is 0 Å². The van der Waals surface area contributed by atoms with Gasteiger partial charge in [-0.2, -0.15) is 0 Å². The van der Waals surface area contributed by atoms with E-state index in [1.165, 1.54) is 0 Å². The fourth-order valence-corrected chi connectivity index (χ4v) is 3.44. The first kappa shape index (κ1) is 13.9. The van der Waals surface area contributed by atoms with E-state index in [9.17, 15) is 8.42 Å². The Kier molecular flexibility index (Phi) is 5.72. The number of nitrogens with zero attached hydrogens (tertiary/aromatic N) is 1. The van der Waals surface area contributed by atoms with Gasteiger partial charge in [-0.1, -0.05) is 6.92 Å². The molecule has 0 aromatic rings. The van der Waals surface area contributed by atoms with Gasteiger partial charge in [0.05, 0.1) is 5.75 Å². The number of sulfone groups is 1. The van der Waals surface area contributed by atoms with Crippen LogP contribution in [0.3, 0.4) is 0 Å². The van der Waals surface area contributed by atoms with Gasteiger partial charge in [0.25, 0.3) is 0 Å². The lowest BCUT2D eigenvalue weighted by atomic mass is 10.3. The van der Waals surface area contributed by atoms with E-state index >= 15 is 0 Å². The molecule has 1 fully saturated rings. The quantitative estimate of drug-likeness (QED) is 0.769. The van der Waals surface area contributed by atoms with Crippen LogP contribution in [0.4, 0.5) is 0 Å². The Labute approximate surface area is 99.3 Å². The molecule has 0 saturated carbocycles. The summed E-state index contributed by atoms with van der Waals surface area (Å²) in [7, 11) is -2.82. The molecular weight excluding hydrogens is 224 g/mol. The zero-order chi connectivity index (χ0) is 12.0. The molecule has 4 nitrogen and oxygen atoms in total. The van der Waals surface area contributed by atoms with E-state index in [1.807, 2.05) is 6.92 Å². The topological polar surface area (TPSA) is 49.4 Å². The molecule has 1 unspecified atom stereocenters. The third-order valence-electron chi connectivity index (χ3n) is 2.91. The van der Waals surface area contributed by atoms with Gasteiger partial charge in [-0.25, -0.2) is 8.42 Å². The van der Waals surface area contributed by atoms with Crippen LogP contribution in [0.5, 0.6) is 0 Å². The SMILES string of the molecule is CCCS(=O)(=O)CCN1CCCNC(C)C1. The van der Waals surface area contributed by atoms with Crippen molar-refractivity contribution in [1.82, 2.24) is 10.2 Å². The van der Waals surface area contributed by atoms with E-state index < -0.39 is 9.84 Å². The zero-order valence-corrected chi connectivity index (χ0v) is 11.2. The second-order valence-corrected chi connectivity index (χ2v) is 6.96. The summed E-state index contributed by atoms with van der Waals surface area (Å²) in [6.07, 6.45) is 1.83. The van der Waals surface area contributed by atoms with E-state index in [2.05, 4.69) is 17.1 Å². The molecule has 0 spiro atoms. The summed E-state index contributed by atoms with van der Waals surface area (Å²) in [6.45, 7) is 7.77. The molecule has 1 N–H and O–H groups in total.